The minimum absolute atomic E-state index is 0.689. The molecule has 0 spiro atoms. The molecule has 19 heavy (non-hydrogen) atoms. The number of likely N-dealkylation sites (N-methyl/N-ethyl adjacent to an activating group) is 1. The minimum atomic E-state index is 0.689. The van der Waals surface area contributed by atoms with Gasteiger partial charge in [0.25, 0.3) is 0 Å². The van der Waals surface area contributed by atoms with Crippen LogP contribution in [0.15, 0.2) is 0 Å². The molecular weight excluding hydrogens is 234 g/mol. The fourth-order valence-electron chi connectivity index (χ4n) is 3.68. The van der Waals surface area contributed by atoms with Crippen LogP contribution in [0.2, 0.25) is 0 Å². The second-order valence-electron chi connectivity index (χ2n) is 6.59. The standard InChI is InChI=1S/C16H33N3/c1-4-5-6-10-17-12-14(2)19-11-9-15-7-8-16(13-19)18(15)3/h14-17H,4-13H2,1-3H3. The Morgan fingerprint density at radius 3 is 2.74 bits per heavy atom. The first-order chi connectivity index (χ1) is 9.22. The summed E-state index contributed by atoms with van der Waals surface area (Å²) in [4.78, 5) is 5.36. The van der Waals surface area contributed by atoms with Crippen LogP contribution in [0.4, 0.5) is 0 Å². The molecule has 0 aromatic rings. The highest BCUT2D eigenvalue weighted by atomic mass is 15.3. The van der Waals surface area contributed by atoms with E-state index in [0.717, 1.165) is 18.6 Å². The molecule has 2 fully saturated rings. The van der Waals surface area contributed by atoms with E-state index in [9.17, 15) is 0 Å². The molecule has 0 amide bonds. The summed E-state index contributed by atoms with van der Waals surface area (Å²) in [5, 5.41) is 3.64. The molecule has 3 atom stereocenters. The van der Waals surface area contributed by atoms with E-state index < -0.39 is 0 Å². The molecule has 0 aromatic heterocycles. The van der Waals surface area contributed by atoms with E-state index in [1.807, 2.05) is 0 Å². The molecule has 1 N–H and O–H groups in total. The SMILES string of the molecule is CCCCCNCC(C)N1CCC2CCC(C1)N2C. The summed E-state index contributed by atoms with van der Waals surface area (Å²) in [5.74, 6) is 0. The molecule has 2 heterocycles. The quantitative estimate of drug-likeness (QED) is 0.714. The predicted octanol–water partition coefficient (Wildman–Crippen LogP) is 2.32. The van der Waals surface area contributed by atoms with E-state index in [1.165, 1.54) is 58.2 Å². The third-order valence-corrected chi connectivity index (χ3v) is 5.20. The Balaban J connectivity index is 1.69. The van der Waals surface area contributed by atoms with Crippen molar-refractivity contribution in [1.29, 1.82) is 0 Å². The van der Waals surface area contributed by atoms with Gasteiger partial charge in [-0.05, 0) is 46.2 Å². The van der Waals surface area contributed by atoms with E-state index in [0.29, 0.717) is 6.04 Å². The summed E-state index contributed by atoms with van der Waals surface area (Å²) >= 11 is 0. The van der Waals surface area contributed by atoms with Crippen LogP contribution in [-0.4, -0.2) is 61.2 Å². The van der Waals surface area contributed by atoms with Gasteiger partial charge in [-0.3, -0.25) is 9.80 Å². The van der Waals surface area contributed by atoms with Gasteiger partial charge in [-0.1, -0.05) is 19.8 Å². The molecule has 2 saturated heterocycles. The van der Waals surface area contributed by atoms with E-state index in [2.05, 4.69) is 36.0 Å². The van der Waals surface area contributed by atoms with Crippen molar-refractivity contribution in [2.24, 2.45) is 0 Å². The van der Waals surface area contributed by atoms with Gasteiger partial charge in [0, 0.05) is 37.8 Å². The normalized spacial score (nSPS) is 30.5. The van der Waals surface area contributed by atoms with Crippen molar-refractivity contribution in [3.63, 3.8) is 0 Å². The van der Waals surface area contributed by atoms with Crippen molar-refractivity contribution in [2.75, 3.05) is 33.2 Å². The van der Waals surface area contributed by atoms with Crippen LogP contribution in [0.5, 0.6) is 0 Å². The molecule has 2 bridgehead atoms. The van der Waals surface area contributed by atoms with Gasteiger partial charge in [0.15, 0.2) is 0 Å². The number of fused-ring (bicyclic) bond motifs is 2. The van der Waals surface area contributed by atoms with Crippen LogP contribution >= 0.6 is 0 Å². The molecule has 112 valence electrons. The molecule has 0 radical (unpaired) electrons. The summed E-state index contributed by atoms with van der Waals surface area (Å²) in [5.41, 5.74) is 0. The highest BCUT2D eigenvalue weighted by Gasteiger charge is 2.35. The Bertz CT molecular complexity index is 256. The Labute approximate surface area is 119 Å². The van der Waals surface area contributed by atoms with Gasteiger partial charge >= 0.3 is 0 Å². The van der Waals surface area contributed by atoms with Crippen LogP contribution < -0.4 is 5.32 Å². The average molecular weight is 267 g/mol. The summed E-state index contributed by atoms with van der Waals surface area (Å²) < 4.78 is 0. The van der Waals surface area contributed by atoms with Gasteiger partial charge in [-0.15, -0.1) is 0 Å². The van der Waals surface area contributed by atoms with Gasteiger partial charge in [0.1, 0.15) is 0 Å². The van der Waals surface area contributed by atoms with Crippen molar-refractivity contribution >= 4 is 0 Å². The summed E-state index contributed by atoms with van der Waals surface area (Å²) in [6, 6.07) is 2.36. The van der Waals surface area contributed by atoms with Gasteiger partial charge in [-0.2, -0.15) is 0 Å². The zero-order valence-corrected chi connectivity index (χ0v) is 13.2. The number of unbranched alkanes of at least 4 members (excludes halogenated alkanes) is 2. The Morgan fingerprint density at radius 2 is 1.95 bits per heavy atom. The number of nitrogens with zero attached hydrogens (tertiary/aromatic N) is 2. The molecule has 3 nitrogen and oxygen atoms in total. The first-order valence-electron chi connectivity index (χ1n) is 8.39. The number of rotatable bonds is 7. The molecule has 0 saturated carbocycles. The maximum atomic E-state index is 3.64. The van der Waals surface area contributed by atoms with Crippen LogP contribution in [0.3, 0.4) is 0 Å². The second-order valence-corrected chi connectivity index (χ2v) is 6.59. The molecule has 0 aliphatic carbocycles. The van der Waals surface area contributed by atoms with Gasteiger partial charge in [-0.25, -0.2) is 0 Å². The third-order valence-electron chi connectivity index (χ3n) is 5.20. The monoisotopic (exact) mass is 267 g/mol. The molecular formula is C16H33N3. The van der Waals surface area contributed by atoms with Crippen LogP contribution in [0.1, 0.15) is 52.4 Å². The zero-order chi connectivity index (χ0) is 13.7. The van der Waals surface area contributed by atoms with Crippen LogP contribution in [0.25, 0.3) is 0 Å². The van der Waals surface area contributed by atoms with E-state index in [4.69, 9.17) is 0 Å². The summed E-state index contributed by atoms with van der Waals surface area (Å²) in [6.45, 7) is 9.59. The zero-order valence-electron chi connectivity index (χ0n) is 13.2. The summed E-state index contributed by atoms with van der Waals surface area (Å²) in [7, 11) is 2.33. The lowest BCUT2D eigenvalue weighted by Gasteiger charge is -2.31. The minimum Gasteiger partial charge on any atom is -0.315 e. The van der Waals surface area contributed by atoms with Crippen LogP contribution in [0, 0.1) is 0 Å². The predicted molar refractivity (Wildman–Crippen MR) is 82.6 cm³/mol. The number of hydrogen-bond acceptors (Lipinski definition) is 3. The molecule has 2 aliphatic rings. The topological polar surface area (TPSA) is 18.5 Å². The molecule has 2 aliphatic heterocycles. The Hall–Kier alpha value is -0.120. The highest BCUT2D eigenvalue weighted by Crippen LogP contribution is 2.28. The van der Waals surface area contributed by atoms with Gasteiger partial charge in [0.05, 0.1) is 0 Å². The average Bonchev–Trinajstić information content (AvgIpc) is 2.62. The first kappa shape index (κ1) is 15.3. The Morgan fingerprint density at radius 1 is 1.16 bits per heavy atom. The largest absolute Gasteiger partial charge is 0.315 e. The summed E-state index contributed by atoms with van der Waals surface area (Å²) in [6.07, 6.45) is 8.22. The van der Waals surface area contributed by atoms with Crippen LogP contribution in [-0.2, 0) is 0 Å². The fourth-order valence-corrected chi connectivity index (χ4v) is 3.68. The van der Waals surface area contributed by atoms with Crippen molar-refractivity contribution in [3.8, 4) is 0 Å². The lowest BCUT2D eigenvalue weighted by Crippen LogP contribution is -2.45. The van der Waals surface area contributed by atoms with E-state index in [-0.39, 0.29) is 0 Å². The maximum Gasteiger partial charge on any atom is 0.0223 e. The van der Waals surface area contributed by atoms with Crippen molar-refractivity contribution < 1.29 is 0 Å². The van der Waals surface area contributed by atoms with Gasteiger partial charge < -0.3 is 5.32 Å². The first-order valence-corrected chi connectivity index (χ1v) is 8.39. The van der Waals surface area contributed by atoms with Gasteiger partial charge in [0.2, 0.25) is 0 Å². The van der Waals surface area contributed by atoms with Crippen molar-refractivity contribution in [1.82, 2.24) is 15.1 Å². The fraction of sp³-hybridized carbons (Fsp3) is 1.00. The lowest BCUT2D eigenvalue weighted by molar-refractivity contribution is 0.178. The lowest BCUT2D eigenvalue weighted by atomic mass is 10.1. The van der Waals surface area contributed by atoms with E-state index >= 15 is 0 Å². The van der Waals surface area contributed by atoms with E-state index in [1.54, 1.807) is 0 Å². The Kier molecular flexibility index (Phi) is 6.11. The third kappa shape index (κ3) is 4.17. The molecule has 0 aromatic carbocycles. The number of nitrogens with one attached hydrogen (secondary N) is 1. The second kappa shape index (κ2) is 7.61. The molecule has 2 rings (SSSR count). The number of likely N-dealkylation sites (tertiary alicyclic amines) is 1. The highest BCUT2D eigenvalue weighted by molar-refractivity contribution is 4.92. The van der Waals surface area contributed by atoms with Crippen molar-refractivity contribution in [3.05, 3.63) is 0 Å². The van der Waals surface area contributed by atoms with Crippen molar-refractivity contribution in [2.45, 2.75) is 70.5 Å². The maximum absolute atomic E-state index is 3.64. The smallest absolute Gasteiger partial charge is 0.0223 e. The molecule has 3 heteroatoms. The number of hydrogen-bond donors (Lipinski definition) is 1. The molecule has 3 unspecified atom stereocenters.